The van der Waals surface area contributed by atoms with Gasteiger partial charge in [-0.1, -0.05) is 30.3 Å². The van der Waals surface area contributed by atoms with Crippen molar-refractivity contribution in [2.75, 3.05) is 11.5 Å². The van der Waals surface area contributed by atoms with Crippen LogP contribution in [-0.4, -0.2) is 4.98 Å². The van der Waals surface area contributed by atoms with Gasteiger partial charge in [0, 0.05) is 0 Å². The van der Waals surface area contributed by atoms with Crippen molar-refractivity contribution in [2.45, 2.75) is 0 Å². The van der Waals surface area contributed by atoms with Gasteiger partial charge < -0.3 is 15.9 Å². The molecule has 0 aliphatic heterocycles. The topological polar surface area (TPSA) is 119 Å². The molecular formula is C17H10N4O2. The van der Waals surface area contributed by atoms with Crippen molar-refractivity contribution in [3.8, 4) is 6.07 Å². The minimum absolute atomic E-state index is 0.00131. The molecule has 0 saturated carbocycles. The first-order valence-corrected chi connectivity index (χ1v) is 6.85. The van der Waals surface area contributed by atoms with E-state index in [4.69, 9.17) is 21.1 Å². The van der Waals surface area contributed by atoms with E-state index in [0.717, 1.165) is 10.8 Å². The minimum Gasteiger partial charge on any atom is -0.437 e. The van der Waals surface area contributed by atoms with E-state index >= 15 is 0 Å². The van der Waals surface area contributed by atoms with Gasteiger partial charge in [0.2, 0.25) is 11.1 Å². The number of hydrogen-bond donors (Lipinski definition) is 2. The van der Waals surface area contributed by atoms with Gasteiger partial charge >= 0.3 is 0 Å². The Balaban J connectivity index is 2.34. The highest BCUT2D eigenvalue weighted by molar-refractivity contribution is 6.09. The van der Waals surface area contributed by atoms with Gasteiger partial charge in [-0.3, -0.25) is 4.79 Å². The van der Waals surface area contributed by atoms with Crippen LogP contribution in [0.2, 0.25) is 0 Å². The number of pyridine rings is 1. The van der Waals surface area contributed by atoms with E-state index in [1.54, 1.807) is 6.07 Å². The molecule has 0 fully saturated rings. The van der Waals surface area contributed by atoms with Crippen molar-refractivity contribution in [2.24, 2.45) is 0 Å². The second-order valence-electron chi connectivity index (χ2n) is 5.17. The number of nitrogens with two attached hydrogens (primary N) is 2. The fourth-order valence-electron chi connectivity index (χ4n) is 2.81. The van der Waals surface area contributed by atoms with E-state index in [1.807, 2.05) is 36.4 Å². The second kappa shape index (κ2) is 4.45. The van der Waals surface area contributed by atoms with E-state index in [0.29, 0.717) is 11.0 Å². The molecule has 2 heterocycles. The third-order valence-electron chi connectivity index (χ3n) is 3.89. The van der Waals surface area contributed by atoms with E-state index in [-0.39, 0.29) is 33.6 Å². The van der Waals surface area contributed by atoms with Crippen LogP contribution in [0.25, 0.3) is 32.8 Å². The first-order valence-electron chi connectivity index (χ1n) is 6.85. The maximum absolute atomic E-state index is 13.0. The van der Waals surface area contributed by atoms with Gasteiger partial charge in [-0.2, -0.15) is 10.2 Å². The Bertz CT molecular complexity index is 1220. The second-order valence-corrected chi connectivity index (χ2v) is 5.17. The third-order valence-corrected chi connectivity index (χ3v) is 3.89. The van der Waals surface area contributed by atoms with Crippen molar-refractivity contribution in [1.82, 2.24) is 4.98 Å². The molecule has 0 spiro atoms. The summed E-state index contributed by atoms with van der Waals surface area (Å²) in [6.07, 6.45) is 0. The molecule has 0 aliphatic carbocycles. The molecule has 4 aromatic rings. The number of nitrogen functional groups attached to an aromatic ring is 2. The number of anilines is 2. The summed E-state index contributed by atoms with van der Waals surface area (Å²) in [6.45, 7) is 0. The van der Waals surface area contributed by atoms with Crippen molar-refractivity contribution in [3.63, 3.8) is 0 Å². The number of nitrogens with zero attached hydrogens (tertiary/aromatic N) is 2. The van der Waals surface area contributed by atoms with Crippen LogP contribution in [0.4, 0.5) is 11.5 Å². The fourth-order valence-corrected chi connectivity index (χ4v) is 2.81. The number of hydrogen-bond acceptors (Lipinski definition) is 6. The largest absolute Gasteiger partial charge is 0.437 e. The Kier molecular flexibility index (Phi) is 2.53. The first-order chi connectivity index (χ1) is 11.1. The molecule has 110 valence electrons. The molecule has 0 unspecified atom stereocenters. The molecule has 0 aliphatic rings. The molecule has 0 atom stereocenters. The Morgan fingerprint density at radius 1 is 1.09 bits per heavy atom. The molecule has 4 rings (SSSR count). The van der Waals surface area contributed by atoms with Gasteiger partial charge in [-0.15, -0.1) is 0 Å². The molecular weight excluding hydrogens is 292 g/mol. The number of nitriles is 1. The molecule has 0 saturated heterocycles. The van der Waals surface area contributed by atoms with Crippen molar-refractivity contribution in [3.05, 3.63) is 52.2 Å². The fraction of sp³-hybridized carbons (Fsp3) is 0. The lowest BCUT2D eigenvalue weighted by molar-refractivity contribution is 0.646. The summed E-state index contributed by atoms with van der Waals surface area (Å²) in [7, 11) is 0. The van der Waals surface area contributed by atoms with Crippen LogP contribution in [-0.2, 0) is 0 Å². The highest BCUT2D eigenvalue weighted by Crippen LogP contribution is 2.30. The Morgan fingerprint density at radius 2 is 1.87 bits per heavy atom. The molecule has 6 nitrogen and oxygen atoms in total. The Hall–Kier alpha value is -3.59. The summed E-state index contributed by atoms with van der Waals surface area (Å²) >= 11 is 0. The molecule has 2 aromatic heterocycles. The zero-order chi connectivity index (χ0) is 16.1. The van der Waals surface area contributed by atoms with E-state index in [2.05, 4.69) is 4.98 Å². The lowest BCUT2D eigenvalue weighted by atomic mass is 10.0. The zero-order valence-electron chi connectivity index (χ0n) is 11.8. The van der Waals surface area contributed by atoms with Gasteiger partial charge in [0.05, 0.1) is 11.1 Å². The average Bonchev–Trinajstić information content (AvgIpc) is 2.54. The summed E-state index contributed by atoms with van der Waals surface area (Å²) in [6, 6.07) is 12.9. The zero-order valence-corrected chi connectivity index (χ0v) is 11.8. The Morgan fingerprint density at radius 3 is 2.65 bits per heavy atom. The maximum atomic E-state index is 13.0. The van der Waals surface area contributed by atoms with Crippen molar-refractivity contribution >= 4 is 44.3 Å². The number of benzene rings is 2. The van der Waals surface area contributed by atoms with Crippen LogP contribution in [0.3, 0.4) is 0 Å². The van der Waals surface area contributed by atoms with Gasteiger partial charge in [0.15, 0.2) is 0 Å². The monoisotopic (exact) mass is 302 g/mol. The predicted octanol–water partition coefficient (Wildman–Crippen LogP) is 2.53. The first kappa shape index (κ1) is 13.1. The molecule has 23 heavy (non-hydrogen) atoms. The number of fused-ring (bicyclic) bond motifs is 4. The van der Waals surface area contributed by atoms with Crippen LogP contribution in [0.15, 0.2) is 45.6 Å². The summed E-state index contributed by atoms with van der Waals surface area (Å²) in [5.41, 5.74) is 11.8. The smallest absolute Gasteiger partial charge is 0.234 e. The lowest BCUT2D eigenvalue weighted by Crippen LogP contribution is -2.10. The maximum Gasteiger partial charge on any atom is 0.234 e. The highest BCUT2D eigenvalue weighted by atomic mass is 16.3. The number of aromatic nitrogens is 1. The van der Waals surface area contributed by atoms with Crippen LogP contribution < -0.4 is 16.9 Å². The summed E-state index contributed by atoms with van der Waals surface area (Å²) < 4.78 is 5.72. The standard InChI is InChI=1S/C17H10N4O2/c18-7-10-14(19)13-15(22)12-9-4-2-1-3-8(9)5-6-11(12)23-17(13)21-16(10)20/h1-6H,(H4,19,20,21). The van der Waals surface area contributed by atoms with Gasteiger partial charge in [-0.25, -0.2) is 0 Å². The third kappa shape index (κ3) is 1.67. The average molecular weight is 302 g/mol. The minimum atomic E-state index is -0.320. The number of rotatable bonds is 0. The van der Waals surface area contributed by atoms with Crippen LogP contribution in [0, 0.1) is 11.3 Å². The lowest BCUT2D eigenvalue weighted by Gasteiger charge is -2.08. The molecule has 0 radical (unpaired) electrons. The van der Waals surface area contributed by atoms with Gasteiger partial charge in [-0.05, 0) is 16.8 Å². The summed E-state index contributed by atoms with van der Waals surface area (Å²) in [5, 5.41) is 11.3. The van der Waals surface area contributed by atoms with Gasteiger partial charge in [0.25, 0.3) is 0 Å². The SMILES string of the molecule is N#Cc1c(N)nc2oc3ccc4ccccc4c3c(=O)c2c1N. The van der Waals surface area contributed by atoms with Crippen molar-refractivity contribution in [1.29, 1.82) is 5.26 Å². The molecule has 0 bridgehead atoms. The van der Waals surface area contributed by atoms with Crippen LogP contribution in [0.5, 0.6) is 0 Å². The summed E-state index contributed by atoms with van der Waals surface area (Å²) in [5.74, 6) is -0.0548. The quantitative estimate of drug-likeness (QED) is 0.380. The van der Waals surface area contributed by atoms with E-state index in [1.165, 1.54) is 0 Å². The van der Waals surface area contributed by atoms with Gasteiger partial charge in [0.1, 0.15) is 28.4 Å². The normalized spacial score (nSPS) is 11.1. The van der Waals surface area contributed by atoms with Crippen molar-refractivity contribution < 1.29 is 4.42 Å². The molecule has 4 N–H and O–H groups in total. The van der Waals surface area contributed by atoms with E-state index in [9.17, 15) is 4.79 Å². The summed E-state index contributed by atoms with van der Waals surface area (Å²) in [4.78, 5) is 17.0. The van der Waals surface area contributed by atoms with Crippen LogP contribution >= 0.6 is 0 Å². The van der Waals surface area contributed by atoms with E-state index < -0.39 is 0 Å². The molecule has 2 aromatic carbocycles. The Labute approximate surface area is 129 Å². The molecule has 0 amide bonds. The van der Waals surface area contributed by atoms with Crippen LogP contribution in [0.1, 0.15) is 5.56 Å². The molecule has 6 heteroatoms. The highest BCUT2D eigenvalue weighted by Gasteiger charge is 2.18. The predicted molar refractivity (Wildman–Crippen MR) is 88.8 cm³/mol.